The summed E-state index contributed by atoms with van der Waals surface area (Å²) in [5.41, 5.74) is 4.98. The number of nitrogens with two attached hydrogens (primary N) is 1. The lowest BCUT2D eigenvalue weighted by Gasteiger charge is -2.50. The quantitative estimate of drug-likeness (QED) is 0.751. The minimum atomic E-state index is -1.94. The topological polar surface area (TPSA) is 114 Å². The number of benzene rings is 2. The van der Waals surface area contributed by atoms with Crippen LogP contribution in [0.5, 0.6) is 0 Å². The lowest BCUT2D eigenvalue weighted by molar-refractivity contribution is 0.0737. The van der Waals surface area contributed by atoms with E-state index in [4.69, 9.17) is 5.73 Å². The van der Waals surface area contributed by atoms with Crippen LogP contribution in [-0.4, -0.2) is 5.78 Å². The van der Waals surface area contributed by atoms with Crippen LogP contribution < -0.4 is 5.73 Å². The van der Waals surface area contributed by atoms with Gasteiger partial charge in [0.15, 0.2) is 5.78 Å². The predicted octanol–water partition coefficient (Wildman–Crippen LogP) is 3.78. The van der Waals surface area contributed by atoms with Gasteiger partial charge in [-0.1, -0.05) is 42.5 Å². The fourth-order valence-electron chi connectivity index (χ4n) is 5.78. The first kappa shape index (κ1) is 17.2. The summed E-state index contributed by atoms with van der Waals surface area (Å²) >= 11 is 0. The van der Waals surface area contributed by atoms with E-state index in [1.54, 1.807) is 6.07 Å². The molecule has 2 N–H and O–H groups in total. The molecule has 0 aromatic heterocycles. The van der Waals surface area contributed by atoms with E-state index in [0.717, 1.165) is 23.6 Å². The number of carbonyl (C=O) groups is 1. The molecule has 5 nitrogen and oxygen atoms in total. The number of nitrogens with zero attached hydrogens (tertiary/aromatic N) is 3. The molecule has 0 bridgehead atoms. The van der Waals surface area contributed by atoms with Gasteiger partial charge >= 0.3 is 0 Å². The van der Waals surface area contributed by atoms with Crippen LogP contribution in [0.15, 0.2) is 59.3 Å². The first-order valence-electron chi connectivity index (χ1n) is 9.58. The number of nitriles is 3. The molecule has 138 valence electrons. The highest BCUT2D eigenvalue weighted by Crippen LogP contribution is 2.64. The van der Waals surface area contributed by atoms with Gasteiger partial charge in [-0.25, -0.2) is 0 Å². The lowest BCUT2D eigenvalue weighted by Crippen LogP contribution is -2.59. The summed E-state index contributed by atoms with van der Waals surface area (Å²) in [7, 11) is 0. The number of hydrogen-bond donors (Lipinski definition) is 1. The van der Waals surface area contributed by atoms with Crippen LogP contribution >= 0.6 is 0 Å². The third-order valence-electron chi connectivity index (χ3n) is 6.89. The van der Waals surface area contributed by atoms with Gasteiger partial charge in [0.25, 0.3) is 0 Å². The summed E-state index contributed by atoms with van der Waals surface area (Å²) in [4.78, 5) is 14.1. The van der Waals surface area contributed by atoms with Crippen LogP contribution in [-0.2, 0) is 5.41 Å². The summed E-state index contributed by atoms with van der Waals surface area (Å²) < 4.78 is 0. The van der Waals surface area contributed by atoms with Crippen molar-refractivity contribution in [3.05, 3.63) is 70.4 Å². The van der Waals surface area contributed by atoms with Gasteiger partial charge in [0.05, 0.1) is 23.4 Å². The molecule has 0 saturated heterocycles. The molecule has 5 heteroatoms. The molecule has 0 fully saturated rings. The van der Waals surface area contributed by atoms with Crippen molar-refractivity contribution in [3.63, 3.8) is 0 Å². The van der Waals surface area contributed by atoms with Gasteiger partial charge in [-0.05, 0) is 41.2 Å². The van der Waals surface area contributed by atoms with Gasteiger partial charge in [0, 0.05) is 11.5 Å². The molecular formula is C24H16N4O. The zero-order chi connectivity index (χ0) is 20.4. The van der Waals surface area contributed by atoms with Crippen molar-refractivity contribution in [2.75, 3.05) is 0 Å². The van der Waals surface area contributed by atoms with E-state index in [9.17, 15) is 20.6 Å². The molecule has 2 aromatic rings. The number of allylic oxidation sites excluding steroid dienone is 4. The Labute approximate surface area is 168 Å². The fraction of sp³-hybridized carbons (Fsp3) is 0.250. The Hall–Kier alpha value is -3.88. The second-order valence-corrected chi connectivity index (χ2v) is 7.86. The molecule has 0 radical (unpaired) electrons. The molecule has 5 rings (SSSR count). The van der Waals surface area contributed by atoms with Gasteiger partial charge in [-0.15, -0.1) is 0 Å². The van der Waals surface area contributed by atoms with E-state index in [0.29, 0.717) is 23.1 Å². The minimum absolute atomic E-state index is 0.104. The summed E-state index contributed by atoms with van der Waals surface area (Å²) in [5.74, 6) is -0.687. The smallest absolute Gasteiger partial charge is 0.201 e. The Kier molecular flexibility index (Phi) is 3.31. The summed E-state index contributed by atoms with van der Waals surface area (Å²) in [6.07, 6.45) is 4.17. The molecule has 0 aliphatic heterocycles. The molecule has 3 aliphatic carbocycles. The third kappa shape index (κ3) is 1.67. The van der Waals surface area contributed by atoms with Gasteiger partial charge in [0.2, 0.25) is 5.41 Å². The van der Waals surface area contributed by atoms with Crippen LogP contribution in [0, 0.1) is 45.3 Å². The molecule has 2 atom stereocenters. The molecule has 29 heavy (non-hydrogen) atoms. The van der Waals surface area contributed by atoms with Gasteiger partial charge in [-0.2, -0.15) is 15.8 Å². The maximum absolute atomic E-state index is 14.1. The molecule has 0 amide bonds. The molecular weight excluding hydrogens is 360 g/mol. The first-order chi connectivity index (χ1) is 14.1. The lowest BCUT2D eigenvalue weighted by atomic mass is 9.46. The maximum Gasteiger partial charge on any atom is 0.201 e. The highest BCUT2D eigenvalue weighted by Gasteiger charge is 2.70. The maximum atomic E-state index is 14.1. The number of fused-ring (bicyclic) bond motifs is 3. The number of Topliss-reactive ketones (excluding diaryl/α,β-unsaturated/α-hetero) is 1. The predicted molar refractivity (Wildman–Crippen MR) is 106 cm³/mol. The van der Waals surface area contributed by atoms with Crippen LogP contribution in [0.3, 0.4) is 0 Å². The van der Waals surface area contributed by atoms with Gasteiger partial charge in [0.1, 0.15) is 11.5 Å². The van der Waals surface area contributed by atoms with Crippen molar-refractivity contribution >= 4 is 16.6 Å². The van der Waals surface area contributed by atoms with E-state index in [-0.39, 0.29) is 17.1 Å². The number of ketones is 1. The summed E-state index contributed by atoms with van der Waals surface area (Å²) in [6, 6.07) is 17.5. The number of carbonyl (C=O) groups excluding carboxylic acids is 1. The van der Waals surface area contributed by atoms with E-state index in [1.807, 2.05) is 36.4 Å². The largest absolute Gasteiger partial charge is 0.399 e. The summed E-state index contributed by atoms with van der Waals surface area (Å²) in [6.45, 7) is 0. The highest BCUT2D eigenvalue weighted by atomic mass is 16.1. The number of rotatable bonds is 0. The fourth-order valence-corrected chi connectivity index (χ4v) is 5.78. The van der Waals surface area contributed by atoms with E-state index in [2.05, 4.69) is 18.2 Å². The van der Waals surface area contributed by atoms with Gasteiger partial charge < -0.3 is 5.73 Å². The summed E-state index contributed by atoms with van der Waals surface area (Å²) in [5, 5.41) is 32.1. The van der Waals surface area contributed by atoms with Crippen molar-refractivity contribution < 1.29 is 4.79 Å². The van der Waals surface area contributed by atoms with Crippen molar-refractivity contribution in [1.82, 2.24) is 0 Å². The van der Waals surface area contributed by atoms with Crippen LogP contribution in [0.4, 0.5) is 0 Å². The highest BCUT2D eigenvalue weighted by molar-refractivity contribution is 6.22. The van der Waals surface area contributed by atoms with E-state index < -0.39 is 16.7 Å². The molecule has 0 heterocycles. The van der Waals surface area contributed by atoms with Crippen LogP contribution in [0.25, 0.3) is 10.8 Å². The average Bonchev–Trinajstić information content (AvgIpc) is 3.02. The number of hydrogen-bond acceptors (Lipinski definition) is 5. The molecule has 3 aliphatic rings. The zero-order valence-electron chi connectivity index (χ0n) is 15.6. The van der Waals surface area contributed by atoms with E-state index in [1.165, 1.54) is 0 Å². The third-order valence-corrected chi connectivity index (χ3v) is 6.89. The normalized spacial score (nSPS) is 26.4. The second-order valence-electron chi connectivity index (χ2n) is 7.86. The van der Waals surface area contributed by atoms with Crippen molar-refractivity contribution in [2.24, 2.45) is 17.1 Å². The monoisotopic (exact) mass is 376 g/mol. The standard InChI is InChI=1S/C24H16N4O/c25-11-17-15-7-1-2-9-18(15)24(23(12-26,13-27)21(17)28)19-10-4-6-14-5-3-8-16(20(14)19)22(24)29/h3-8,10,18H,1-2,9,28H2. The minimum Gasteiger partial charge on any atom is -0.399 e. The van der Waals surface area contributed by atoms with E-state index >= 15 is 0 Å². The Morgan fingerprint density at radius 2 is 1.79 bits per heavy atom. The Balaban J connectivity index is 2.03. The van der Waals surface area contributed by atoms with Crippen LogP contribution in [0.2, 0.25) is 0 Å². The zero-order valence-corrected chi connectivity index (χ0v) is 15.6. The van der Waals surface area contributed by atoms with Gasteiger partial charge in [-0.3, -0.25) is 4.79 Å². The first-order valence-corrected chi connectivity index (χ1v) is 9.58. The molecule has 1 spiro atoms. The SMILES string of the molecule is N#CC1=C(N)C(C#N)(C#N)C2(C(=O)c3cccc4cccc2c34)C2CCCC=C12. The van der Waals surface area contributed by atoms with Crippen LogP contribution in [0.1, 0.15) is 35.2 Å². The molecule has 0 saturated carbocycles. The van der Waals surface area contributed by atoms with Crippen molar-refractivity contribution in [2.45, 2.75) is 24.7 Å². The van der Waals surface area contributed by atoms with Crippen molar-refractivity contribution in [1.29, 1.82) is 15.8 Å². The Morgan fingerprint density at radius 3 is 2.48 bits per heavy atom. The average molecular weight is 376 g/mol. The molecule has 2 aromatic carbocycles. The Morgan fingerprint density at radius 1 is 1.07 bits per heavy atom. The Bertz CT molecular complexity index is 1290. The molecule has 2 unspecified atom stereocenters. The second kappa shape index (κ2) is 5.57. The van der Waals surface area contributed by atoms with Crippen molar-refractivity contribution in [3.8, 4) is 18.2 Å².